The third-order valence-electron chi connectivity index (χ3n) is 4.27. The molecule has 2 N–H and O–H groups in total. The monoisotopic (exact) mass is 447 g/mol. The largest absolute Gasteiger partial charge is 0.444 e. The van der Waals surface area contributed by atoms with Gasteiger partial charge in [-0.05, 0) is 50.1 Å². The van der Waals surface area contributed by atoms with E-state index in [2.05, 4.69) is 15.5 Å². The van der Waals surface area contributed by atoms with E-state index in [1.165, 1.54) is 36.4 Å². The van der Waals surface area contributed by atoms with Crippen LogP contribution in [0.2, 0.25) is 5.15 Å². The Hall–Kier alpha value is -3.26. The van der Waals surface area contributed by atoms with E-state index in [1.54, 1.807) is 26.8 Å². The van der Waals surface area contributed by atoms with Gasteiger partial charge in [0, 0.05) is 12.0 Å². The molecule has 0 unspecified atom stereocenters. The predicted octanol–water partition coefficient (Wildman–Crippen LogP) is 5.31. The zero-order valence-electron chi connectivity index (χ0n) is 17.1. The number of nitrogens with zero attached hydrogens (tertiary/aromatic N) is 1. The van der Waals surface area contributed by atoms with Crippen molar-refractivity contribution in [1.82, 2.24) is 10.2 Å². The first kappa shape index (κ1) is 22.4. The van der Waals surface area contributed by atoms with E-state index in [1.807, 2.05) is 0 Å². The van der Waals surface area contributed by atoms with Gasteiger partial charge in [-0.3, -0.25) is 10.1 Å². The second-order valence-corrected chi connectivity index (χ2v) is 8.17. The fourth-order valence-corrected chi connectivity index (χ4v) is 3.12. The van der Waals surface area contributed by atoms with E-state index in [-0.39, 0.29) is 39.5 Å². The zero-order valence-corrected chi connectivity index (χ0v) is 17.8. The molecule has 2 aromatic carbocycles. The number of aromatic amines is 1. The van der Waals surface area contributed by atoms with Crippen molar-refractivity contribution in [2.45, 2.75) is 32.8 Å². The fourth-order valence-electron chi connectivity index (χ4n) is 2.97. The molecule has 0 saturated carbocycles. The highest BCUT2D eigenvalue weighted by atomic mass is 35.5. The summed E-state index contributed by atoms with van der Waals surface area (Å²) in [5.74, 6) is -1.35. The topological polar surface area (TPSA) is 84.1 Å². The number of hydrogen-bond donors (Lipinski definition) is 2. The van der Waals surface area contributed by atoms with E-state index < -0.39 is 28.9 Å². The predicted molar refractivity (Wildman–Crippen MR) is 114 cm³/mol. The van der Waals surface area contributed by atoms with E-state index in [0.717, 1.165) is 0 Å². The van der Waals surface area contributed by atoms with Crippen LogP contribution in [0.4, 0.5) is 19.3 Å². The first-order valence-electron chi connectivity index (χ1n) is 9.35. The molecule has 1 amide bonds. The Bertz CT molecular complexity index is 1190. The van der Waals surface area contributed by atoms with Gasteiger partial charge in [-0.25, -0.2) is 18.7 Å². The van der Waals surface area contributed by atoms with Crippen molar-refractivity contribution in [1.29, 1.82) is 0 Å². The number of ether oxygens (including phenoxy) is 1. The first-order valence-corrected chi connectivity index (χ1v) is 9.73. The number of aromatic nitrogens is 2. The van der Waals surface area contributed by atoms with E-state index in [9.17, 15) is 14.0 Å². The zero-order chi connectivity index (χ0) is 22.8. The van der Waals surface area contributed by atoms with Crippen molar-refractivity contribution in [2.75, 3.05) is 5.32 Å². The van der Waals surface area contributed by atoms with Crippen molar-refractivity contribution in [3.8, 4) is 11.1 Å². The van der Waals surface area contributed by atoms with Crippen LogP contribution < -0.4 is 10.9 Å². The summed E-state index contributed by atoms with van der Waals surface area (Å²) < 4.78 is 34.9. The van der Waals surface area contributed by atoms with Crippen LogP contribution in [0, 0.1) is 11.6 Å². The van der Waals surface area contributed by atoms with Crippen LogP contribution in [0.25, 0.3) is 11.1 Å². The molecule has 1 heterocycles. The quantitative estimate of drug-likeness (QED) is 0.568. The van der Waals surface area contributed by atoms with Gasteiger partial charge in [0.15, 0.2) is 5.82 Å². The van der Waals surface area contributed by atoms with Gasteiger partial charge in [0.2, 0.25) is 0 Å². The molecule has 0 saturated heterocycles. The number of carbonyl (C=O) groups excluding carboxylic acids is 1. The smallest absolute Gasteiger partial charge is 0.412 e. The third kappa shape index (κ3) is 5.46. The van der Waals surface area contributed by atoms with Gasteiger partial charge in [-0.15, -0.1) is 0 Å². The molecule has 9 heteroatoms. The molecule has 0 radical (unpaired) electrons. The lowest BCUT2D eigenvalue weighted by atomic mass is 9.94. The number of carbonyl (C=O) groups is 1. The minimum atomic E-state index is -0.846. The number of benzene rings is 2. The Kier molecular flexibility index (Phi) is 6.40. The van der Waals surface area contributed by atoms with Gasteiger partial charge >= 0.3 is 6.09 Å². The van der Waals surface area contributed by atoms with Gasteiger partial charge < -0.3 is 4.74 Å². The molecular weight excluding hydrogens is 428 g/mol. The molecule has 162 valence electrons. The summed E-state index contributed by atoms with van der Waals surface area (Å²) in [5.41, 5.74) is -1.06. The van der Waals surface area contributed by atoms with Crippen molar-refractivity contribution >= 4 is 23.4 Å². The van der Waals surface area contributed by atoms with Crippen LogP contribution in [-0.2, 0) is 11.2 Å². The number of amides is 1. The maximum Gasteiger partial charge on any atom is 0.412 e. The van der Waals surface area contributed by atoms with Crippen molar-refractivity contribution in [2.24, 2.45) is 0 Å². The molecule has 0 atom stereocenters. The van der Waals surface area contributed by atoms with Crippen LogP contribution in [0.3, 0.4) is 0 Å². The molecule has 0 aliphatic carbocycles. The molecule has 3 rings (SSSR count). The van der Waals surface area contributed by atoms with Gasteiger partial charge in [0.05, 0.1) is 11.3 Å². The van der Waals surface area contributed by atoms with Crippen LogP contribution in [0.5, 0.6) is 0 Å². The lowest BCUT2D eigenvalue weighted by Crippen LogP contribution is -2.27. The van der Waals surface area contributed by atoms with Crippen molar-refractivity contribution < 1.29 is 18.3 Å². The number of rotatable bonds is 4. The van der Waals surface area contributed by atoms with E-state index >= 15 is 4.39 Å². The molecule has 0 aliphatic rings. The second kappa shape index (κ2) is 8.85. The number of H-pyrrole nitrogens is 1. The molecule has 6 nitrogen and oxygen atoms in total. The summed E-state index contributed by atoms with van der Waals surface area (Å²) in [6.45, 7) is 5.03. The number of halogens is 3. The number of nitrogens with one attached hydrogen (secondary N) is 2. The third-order valence-corrected chi connectivity index (χ3v) is 4.46. The average molecular weight is 448 g/mol. The lowest BCUT2D eigenvalue weighted by Gasteiger charge is -2.20. The summed E-state index contributed by atoms with van der Waals surface area (Å²) in [5, 5.41) is 8.20. The van der Waals surface area contributed by atoms with Gasteiger partial charge in [0.25, 0.3) is 5.56 Å². The summed E-state index contributed by atoms with van der Waals surface area (Å²) in [7, 11) is 0. The number of hydrogen-bond acceptors (Lipinski definition) is 4. The molecule has 31 heavy (non-hydrogen) atoms. The molecule has 3 aromatic rings. The summed E-state index contributed by atoms with van der Waals surface area (Å²) in [6, 6.07) is 9.95. The highest BCUT2D eigenvalue weighted by Crippen LogP contribution is 2.31. The van der Waals surface area contributed by atoms with Gasteiger partial charge in [-0.2, -0.15) is 5.10 Å². The SMILES string of the molecule is CC(C)(C)OC(=O)Nc1ccc(-c2cc(Cl)n[nH]c2=O)c(Cc2ccccc2F)c1F. The lowest BCUT2D eigenvalue weighted by molar-refractivity contribution is 0.0635. The van der Waals surface area contributed by atoms with Crippen LogP contribution in [0.1, 0.15) is 31.9 Å². The average Bonchev–Trinajstić information content (AvgIpc) is 2.67. The van der Waals surface area contributed by atoms with Crippen LogP contribution in [0.15, 0.2) is 47.3 Å². The summed E-state index contributed by atoms with van der Waals surface area (Å²) >= 11 is 5.90. The molecule has 0 spiro atoms. The molecule has 1 aromatic heterocycles. The minimum absolute atomic E-state index is 0.00260. The highest BCUT2D eigenvalue weighted by Gasteiger charge is 2.22. The van der Waals surface area contributed by atoms with Crippen LogP contribution >= 0.6 is 11.6 Å². The maximum atomic E-state index is 15.5. The Morgan fingerprint density at radius 1 is 1.16 bits per heavy atom. The molecule has 0 bridgehead atoms. The van der Waals surface area contributed by atoms with Gasteiger partial charge in [0.1, 0.15) is 16.6 Å². The summed E-state index contributed by atoms with van der Waals surface area (Å²) in [4.78, 5) is 24.4. The minimum Gasteiger partial charge on any atom is -0.444 e. The van der Waals surface area contributed by atoms with Crippen molar-refractivity contribution in [3.05, 3.63) is 80.7 Å². The highest BCUT2D eigenvalue weighted by molar-refractivity contribution is 6.29. The fraction of sp³-hybridized carbons (Fsp3) is 0.227. The first-order chi connectivity index (χ1) is 14.5. The molecule has 0 aliphatic heterocycles. The molecular formula is C22H20ClF2N3O3. The Morgan fingerprint density at radius 2 is 1.87 bits per heavy atom. The standard InChI is InChI=1S/C22H20ClF2N3O3/c1-22(2,3)31-21(30)26-17-9-8-13(15-11-18(23)27-28-20(15)29)14(19(17)25)10-12-6-4-5-7-16(12)24/h4-9,11H,10H2,1-3H3,(H,26,30)(H,28,29). The van der Waals surface area contributed by atoms with Gasteiger partial charge in [-0.1, -0.05) is 35.9 Å². The van der Waals surface area contributed by atoms with E-state index in [4.69, 9.17) is 16.3 Å². The maximum absolute atomic E-state index is 15.5. The second-order valence-electron chi connectivity index (χ2n) is 7.78. The normalized spacial score (nSPS) is 11.3. The molecule has 0 fully saturated rings. The van der Waals surface area contributed by atoms with Crippen LogP contribution in [-0.4, -0.2) is 21.9 Å². The van der Waals surface area contributed by atoms with Crippen molar-refractivity contribution in [3.63, 3.8) is 0 Å². The summed E-state index contributed by atoms with van der Waals surface area (Å²) in [6.07, 6.45) is -1.02. The van der Waals surface area contributed by atoms with E-state index in [0.29, 0.717) is 0 Å². The Morgan fingerprint density at radius 3 is 2.55 bits per heavy atom. The Balaban J connectivity index is 2.12. The Labute approximate surface area is 182 Å². The number of anilines is 1.